The highest BCUT2D eigenvalue weighted by atomic mass is 19.1. The van der Waals surface area contributed by atoms with Gasteiger partial charge in [0.1, 0.15) is 12.4 Å². The van der Waals surface area contributed by atoms with Crippen molar-refractivity contribution >= 4 is 12.0 Å². The van der Waals surface area contributed by atoms with Crippen molar-refractivity contribution in [1.82, 2.24) is 4.98 Å². The number of hydrogen-bond donors (Lipinski definition) is 3. The third-order valence-corrected chi connectivity index (χ3v) is 5.83. The van der Waals surface area contributed by atoms with Crippen LogP contribution in [-0.4, -0.2) is 45.6 Å². The molecule has 0 spiro atoms. The Morgan fingerprint density at radius 1 is 1.11 bits per heavy atom. The molecule has 3 aromatic rings. The molecule has 1 aromatic heterocycles. The summed E-state index contributed by atoms with van der Waals surface area (Å²) in [6.45, 7) is 4.28. The van der Waals surface area contributed by atoms with Crippen LogP contribution in [0.3, 0.4) is 0 Å². The Hall–Kier alpha value is -3.75. The van der Waals surface area contributed by atoms with Gasteiger partial charge in [0.15, 0.2) is 11.5 Å². The Labute approximate surface area is 215 Å². The molecule has 0 saturated heterocycles. The molecule has 0 amide bonds. The lowest BCUT2D eigenvalue weighted by atomic mass is 9.88. The van der Waals surface area contributed by atoms with Crippen LogP contribution in [0.4, 0.5) is 4.39 Å². The number of halogens is 1. The quantitative estimate of drug-likeness (QED) is 0.308. The van der Waals surface area contributed by atoms with Crippen molar-refractivity contribution in [2.24, 2.45) is 0 Å². The summed E-state index contributed by atoms with van der Waals surface area (Å²) in [6.07, 6.45) is 3.72. The normalized spacial score (nSPS) is 13.1. The van der Waals surface area contributed by atoms with E-state index in [4.69, 9.17) is 14.6 Å². The van der Waals surface area contributed by atoms with Gasteiger partial charge in [-0.05, 0) is 58.5 Å². The molecule has 3 N–H and O–H groups in total. The van der Waals surface area contributed by atoms with Gasteiger partial charge in [-0.3, -0.25) is 9.78 Å². The lowest BCUT2D eigenvalue weighted by Gasteiger charge is -2.23. The van der Waals surface area contributed by atoms with Crippen LogP contribution in [-0.2, 0) is 11.4 Å². The Balaban J connectivity index is 2.13. The van der Waals surface area contributed by atoms with Gasteiger partial charge in [0, 0.05) is 24.4 Å². The van der Waals surface area contributed by atoms with Gasteiger partial charge in [0.2, 0.25) is 0 Å². The van der Waals surface area contributed by atoms with Gasteiger partial charge in [-0.15, -0.1) is 0 Å². The minimum absolute atomic E-state index is 0.0525. The molecule has 0 aliphatic rings. The Kier molecular flexibility index (Phi) is 9.77. The number of aliphatic carboxylic acids is 1. The van der Waals surface area contributed by atoms with Crippen molar-refractivity contribution in [3.8, 4) is 22.6 Å². The van der Waals surface area contributed by atoms with Crippen LogP contribution in [0.5, 0.6) is 11.5 Å². The van der Waals surface area contributed by atoms with Crippen LogP contribution >= 0.6 is 0 Å². The largest absolute Gasteiger partial charge is 0.493 e. The SMILES string of the molecule is COc1cc(C(C)C)c(/C=C/C(O)CC(O)CC(=O)O)c(-c2ccc(F)cc2)c1OCc1ccncc1. The summed E-state index contributed by atoms with van der Waals surface area (Å²) < 4.78 is 25.8. The molecule has 2 atom stereocenters. The lowest BCUT2D eigenvalue weighted by Crippen LogP contribution is -2.19. The molecule has 0 fully saturated rings. The Morgan fingerprint density at radius 2 is 1.78 bits per heavy atom. The highest BCUT2D eigenvalue weighted by molar-refractivity contribution is 5.85. The molecule has 8 heteroatoms. The summed E-state index contributed by atoms with van der Waals surface area (Å²) in [7, 11) is 1.55. The highest BCUT2D eigenvalue weighted by Crippen LogP contribution is 2.45. The maximum absolute atomic E-state index is 13.8. The number of aromatic nitrogens is 1. The number of ether oxygens (including phenoxy) is 2. The van der Waals surface area contributed by atoms with Crippen molar-refractivity contribution in [3.05, 3.63) is 83.4 Å². The zero-order valence-corrected chi connectivity index (χ0v) is 21.1. The molecule has 2 unspecified atom stereocenters. The number of methoxy groups -OCH3 is 1. The van der Waals surface area contributed by atoms with Gasteiger partial charge in [-0.1, -0.05) is 38.1 Å². The average molecular weight is 510 g/mol. The molecular formula is C29H32FNO6. The number of aliphatic hydroxyl groups excluding tert-OH is 2. The number of rotatable bonds is 12. The summed E-state index contributed by atoms with van der Waals surface area (Å²) in [4.78, 5) is 14.9. The van der Waals surface area contributed by atoms with Crippen LogP contribution in [0.1, 0.15) is 49.3 Å². The first-order valence-corrected chi connectivity index (χ1v) is 12.0. The molecule has 2 aromatic carbocycles. The molecule has 0 bridgehead atoms. The molecule has 196 valence electrons. The Morgan fingerprint density at radius 3 is 2.38 bits per heavy atom. The second kappa shape index (κ2) is 13.0. The van der Waals surface area contributed by atoms with Crippen molar-refractivity contribution < 1.29 is 34.0 Å². The number of pyridine rings is 1. The molecule has 1 heterocycles. The number of nitrogens with zero attached hydrogens (tertiary/aromatic N) is 1. The predicted octanol–water partition coefficient (Wildman–Crippen LogP) is 5.20. The van der Waals surface area contributed by atoms with Gasteiger partial charge >= 0.3 is 5.97 Å². The summed E-state index contributed by atoms with van der Waals surface area (Å²) in [6, 6.07) is 11.6. The summed E-state index contributed by atoms with van der Waals surface area (Å²) in [5, 5.41) is 29.3. The molecule has 0 aliphatic heterocycles. The van der Waals surface area contributed by atoms with E-state index in [1.54, 1.807) is 37.7 Å². The van der Waals surface area contributed by atoms with Crippen LogP contribution in [0.15, 0.2) is 60.9 Å². The fourth-order valence-electron chi connectivity index (χ4n) is 4.01. The highest BCUT2D eigenvalue weighted by Gasteiger charge is 2.23. The van der Waals surface area contributed by atoms with E-state index >= 15 is 0 Å². The van der Waals surface area contributed by atoms with E-state index in [0.29, 0.717) is 22.6 Å². The maximum Gasteiger partial charge on any atom is 0.305 e. The number of carboxylic acids is 1. The molecule has 37 heavy (non-hydrogen) atoms. The summed E-state index contributed by atoms with van der Waals surface area (Å²) in [5.41, 5.74) is 3.88. The average Bonchev–Trinajstić information content (AvgIpc) is 2.86. The van der Waals surface area contributed by atoms with E-state index in [-0.39, 0.29) is 24.8 Å². The van der Waals surface area contributed by atoms with E-state index in [1.807, 2.05) is 32.0 Å². The maximum atomic E-state index is 13.8. The number of carbonyl (C=O) groups is 1. The second-order valence-electron chi connectivity index (χ2n) is 9.01. The summed E-state index contributed by atoms with van der Waals surface area (Å²) in [5.74, 6) is -0.510. The van der Waals surface area contributed by atoms with Gasteiger partial charge in [-0.25, -0.2) is 4.39 Å². The van der Waals surface area contributed by atoms with E-state index in [9.17, 15) is 19.4 Å². The smallest absolute Gasteiger partial charge is 0.305 e. The van der Waals surface area contributed by atoms with Crippen LogP contribution < -0.4 is 9.47 Å². The van der Waals surface area contributed by atoms with E-state index in [2.05, 4.69) is 4.98 Å². The monoisotopic (exact) mass is 509 g/mol. The van der Waals surface area contributed by atoms with Crippen molar-refractivity contribution in [1.29, 1.82) is 0 Å². The molecule has 0 radical (unpaired) electrons. The number of carboxylic acid groups (broad SMARTS) is 1. The van der Waals surface area contributed by atoms with Crippen LogP contribution in [0, 0.1) is 5.82 Å². The lowest BCUT2D eigenvalue weighted by molar-refractivity contribution is -0.139. The molecule has 0 saturated carbocycles. The number of benzene rings is 2. The van der Waals surface area contributed by atoms with Gasteiger partial charge < -0.3 is 24.8 Å². The fraction of sp³-hybridized carbons (Fsp3) is 0.310. The standard InChI is InChI=1S/C29H32FNO6/c1-18(2)25-16-26(36-3)29(37-17-19-10-12-31-13-11-19)28(20-4-6-21(30)7-5-20)24(25)9-8-22(32)14-23(33)15-27(34)35/h4-13,16,18,22-23,32-33H,14-15,17H2,1-3H3,(H,34,35)/b9-8+. The zero-order chi connectivity index (χ0) is 26.9. The first-order chi connectivity index (χ1) is 17.7. The second-order valence-corrected chi connectivity index (χ2v) is 9.01. The topological polar surface area (TPSA) is 109 Å². The summed E-state index contributed by atoms with van der Waals surface area (Å²) >= 11 is 0. The minimum Gasteiger partial charge on any atom is -0.493 e. The van der Waals surface area contributed by atoms with E-state index in [0.717, 1.165) is 16.7 Å². The van der Waals surface area contributed by atoms with Gasteiger partial charge in [0.05, 0.1) is 25.7 Å². The zero-order valence-electron chi connectivity index (χ0n) is 21.1. The fourth-order valence-corrected chi connectivity index (χ4v) is 4.01. The molecule has 0 aliphatic carbocycles. The predicted molar refractivity (Wildman–Crippen MR) is 139 cm³/mol. The molecule has 7 nitrogen and oxygen atoms in total. The molecular weight excluding hydrogens is 477 g/mol. The van der Waals surface area contributed by atoms with Crippen molar-refractivity contribution in [2.45, 2.75) is 51.4 Å². The third kappa shape index (κ3) is 7.62. The molecule has 3 rings (SSSR count). The van der Waals surface area contributed by atoms with Crippen molar-refractivity contribution in [2.75, 3.05) is 7.11 Å². The van der Waals surface area contributed by atoms with E-state index < -0.39 is 24.6 Å². The van der Waals surface area contributed by atoms with Crippen molar-refractivity contribution in [3.63, 3.8) is 0 Å². The minimum atomic E-state index is -1.19. The van der Waals surface area contributed by atoms with Crippen LogP contribution in [0.2, 0.25) is 0 Å². The first kappa shape index (κ1) is 27.8. The van der Waals surface area contributed by atoms with Gasteiger partial charge in [-0.2, -0.15) is 0 Å². The van der Waals surface area contributed by atoms with Gasteiger partial charge in [0.25, 0.3) is 0 Å². The van der Waals surface area contributed by atoms with Crippen LogP contribution in [0.25, 0.3) is 17.2 Å². The Bertz CT molecular complexity index is 1210. The number of hydrogen-bond acceptors (Lipinski definition) is 6. The van der Waals surface area contributed by atoms with E-state index in [1.165, 1.54) is 18.2 Å². The third-order valence-electron chi connectivity index (χ3n) is 5.83. The first-order valence-electron chi connectivity index (χ1n) is 12.0. The number of aliphatic hydroxyl groups is 2.